The van der Waals surface area contributed by atoms with Gasteiger partial charge in [-0.1, -0.05) is 25.1 Å². The molecule has 1 aromatic carbocycles. The van der Waals surface area contributed by atoms with Gasteiger partial charge in [0, 0.05) is 19.5 Å². The highest BCUT2D eigenvalue weighted by Gasteiger charge is 2.31. The van der Waals surface area contributed by atoms with Crippen LogP contribution >= 0.6 is 0 Å². The van der Waals surface area contributed by atoms with Crippen molar-refractivity contribution in [2.24, 2.45) is 5.92 Å². The molecule has 1 aromatic rings. The lowest BCUT2D eigenvalue weighted by Gasteiger charge is -2.19. The molecule has 5 heteroatoms. The van der Waals surface area contributed by atoms with Crippen LogP contribution in [0, 0.1) is 11.7 Å². The van der Waals surface area contributed by atoms with Crippen molar-refractivity contribution in [2.75, 3.05) is 13.1 Å². The van der Waals surface area contributed by atoms with Crippen LogP contribution in [-0.2, 0) is 9.59 Å². The monoisotopic (exact) mass is 279 g/mol. The first-order chi connectivity index (χ1) is 9.49. The smallest absolute Gasteiger partial charge is 0.308 e. The van der Waals surface area contributed by atoms with Crippen LogP contribution in [0.25, 0.3) is 0 Å². The largest absolute Gasteiger partial charge is 0.481 e. The van der Waals surface area contributed by atoms with E-state index in [4.69, 9.17) is 5.11 Å². The van der Waals surface area contributed by atoms with E-state index in [-0.39, 0.29) is 30.6 Å². The molecule has 0 bridgehead atoms. The second-order valence-corrected chi connectivity index (χ2v) is 5.29. The normalized spacial score (nSPS) is 19.9. The van der Waals surface area contributed by atoms with Crippen molar-refractivity contribution >= 4 is 11.9 Å². The summed E-state index contributed by atoms with van der Waals surface area (Å²) in [4.78, 5) is 24.6. The molecule has 1 saturated heterocycles. The predicted molar refractivity (Wildman–Crippen MR) is 71.8 cm³/mol. The molecule has 1 N–H and O–H groups in total. The molecule has 1 fully saturated rings. The first kappa shape index (κ1) is 14.5. The number of carboxylic acid groups (broad SMARTS) is 1. The Morgan fingerprint density at radius 1 is 1.45 bits per heavy atom. The van der Waals surface area contributed by atoms with Gasteiger partial charge < -0.3 is 10.0 Å². The van der Waals surface area contributed by atoms with E-state index in [0.717, 1.165) is 0 Å². The summed E-state index contributed by atoms with van der Waals surface area (Å²) in [6.45, 7) is 2.54. The molecular weight excluding hydrogens is 261 g/mol. The van der Waals surface area contributed by atoms with Crippen molar-refractivity contribution in [2.45, 2.75) is 25.7 Å². The fourth-order valence-corrected chi connectivity index (χ4v) is 2.56. The third-order valence-corrected chi connectivity index (χ3v) is 3.81. The molecule has 1 amide bonds. The van der Waals surface area contributed by atoms with Crippen LogP contribution in [0.3, 0.4) is 0 Å². The van der Waals surface area contributed by atoms with Crippen LogP contribution < -0.4 is 0 Å². The Morgan fingerprint density at radius 2 is 2.15 bits per heavy atom. The SMILES string of the molecule is CC(CC(=O)N1CCC(C(=O)O)C1)c1ccccc1F. The average molecular weight is 279 g/mol. The van der Waals surface area contributed by atoms with Gasteiger partial charge in [-0.2, -0.15) is 0 Å². The van der Waals surface area contributed by atoms with Crippen LogP contribution in [-0.4, -0.2) is 35.0 Å². The Labute approximate surface area is 117 Å². The lowest BCUT2D eigenvalue weighted by atomic mass is 9.96. The quantitative estimate of drug-likeness (QED) is 0.919. The summed E-state index contributed by atoms with van der Waals surface area (Å²) in [5.74, 6) is -1.96. The van der Waals surface area contributed by atoms with Gasteiger partial charge in [-0.05, 0) is 24.0 Å². The molecule has 0 aromatic heterocycles. The Bertz CT molecular complexity index is 518. The molecule has 20 heavy (non-hydrogen) atoms. The molecule has 2 unspecified atom stereocenters. The minimum atomic E-state index is -0.859. The Balaban J connectivity index is 1.95. The minimum Gasteiger partial charge on any atom is -0.481 e. The Hall–Kier alpha value is -1.91. The number of hydrogen-bond acceptors (Lipinski definition) is 2. The molecular formula is C15H18FNO3. The van der Waals surface area contributed by atoms with Crippen LogP contribution in [0.2, 0.25) is 0 Å². The van der Waals surface area contributed by atoms with Gasteiger partial charge >= 0.3 is 5.97 Å². The zero-order chi connectivity index (χ0) is 14.7. The van der Waals surface area contributed by atoms with E-state index in [1.54, 1.807) is 30.0 Å². The van der Waals surface area contributed by atoms with E-state index >= 15 is 0 Å². The average Bonchev–Trinajstić information content (AvgIpc) is 2.88. The van der Waals surface area contributed by atoms with Gasteiger partial charge in [0.05, 0.1) is 5.92 Å². The van der Waals surface area contributed by atoms with Gasteiger partial charge in [-0.3, -0.25) is 9.59 Å². The molecule has 2 rings (SSSR count). The first-order valence-electron chi connectivity index (χ1n) is 6.74. The summed E-state index contributed by atoms with van der Waals surface area (Å²) in [6, 6.07) is 6.42. The van der Waals surface area contributed by atoms with Crippen LogP contribution in [0.15, 0.2) is 24.3 Å². The van der Waals surface area contributed by atoms with E-state index < -0.39 is 11.9 Å². The molecule has 1 heterocycles. The number of likely N-dealkylation sites (tertiary alicyclic amines) is 1. The summed E-state index contributed by atoms with van der Waals surface area (Å²) in [7, 11) is 0. The zero-order valence-electron chi connectivity index (χ0n) is 11.4. The highest BCUT2D eigenvalue weighted by molar-refractivity contribution is 5.79. The van der Waals surface area contributed by atoms with Crippen molar-refractivity contribution < 1.29 is 19.1 Å². The van der Waals surface area contributed by atoms with Crippen molar-refractivity contribution in [3.63, 3.8) is 0 Å². The highest BCUT2D eigenvalue weighted by Crippen LogP contribution is 2.24. The van der Waals surface area contributed by atoms with E-state index in [0.29, 0.717) is 18.5 Å². The lowest BCUT2D eigenvalue weighted by Crippen LogP contribution is -2.30. The number of carboxylic acids is 1. The molecule has 0 saturated carbocycles. The summed E-state index contributed by atoms with van der Waals surface area (Å²) < 4.78 is 13.6. The van der Waals surface area contributed by atoms with E-state index in [1.165, 1.54) is 6.07 Å². The molecule has 1 aliphatic heterocycles. The standard InChI is InChI=1S/C15H18FNO3/c1-10(12-4-2-3-5-13(12)16)8-14(18)17-7-6-11(9-17)15(19)20/h2-5,10-11H,6-9H2,1H3,(H,19,20). The maximum Gasteiger partial charge on any atom is 0.308 e. The summed E-state index contributed by atoms with van der Waals surface area (Å²) >= 11 is 0. The third kappa shape index (κ3) is 3.15. The second-order valence-electron chi connectivity index (χ2n) is 5.29. The number of carbonyl (C=O) groups is 2. The van der Waals surface area contributed by atoms with E-state index in [1.807, 2.05) is 0 Å². The number of hydrogen-bond donors (Lipinski definition) is 1. The van der Waals surface area contributed by atoms with Crippen molar-refractivity contribution in [1.82, 2.24) is 4.90 Å². The molecule has 0 aliphatic carbocycles. The van der Waals surface area contributed by atoms with Crippen LogP contribution in [0.1, 0.15) is 31.2 Å². The van der Waals surface area contributed by atoms with Gasteiger partial charge in [0.1, 0.15) is 5.82 Å². The molecule has 1 aliphatic rings. The Kier molecular flexibility index (Phi) is 4.37. The number of halogens is 1. The summed E-state index contributed by atoms with van der Waals surface area (Å²) in [6.07, 6.45) is 0.697. The first-order valence-corrected chi connectivity index (χ1v) is 6.74. The third-order valence-electron chi connectivity index (χ3n) is 3.81. The number of amides is 1. The van der Waals surface area contributed by atoms with Gasteiger partial charge in [-0.25, -0.2) is 4.39 Å². The molecule has 108 valence electrons. The summed E-state index contributed by atoms with van der Waals surface area (Å²) in [5.41, 5.74) is 0.523. The number of rotatable bonds is 4. The molecule has 4 nitrogen and oxygen atoms in total. The topological polar surface area (TPSA) is 57.6 Å². The number of nitrogens with zero attached hydrogens (tertiary/aromatic N) is 1. The summed E-state index contributed by atoms with van der Waals surface area (Å²) in [5, 5.41) is 8.92. The number of benzene rings is 1. The molecule has 0 spiro atoms. The number of carbonyl (C=O) groups excluding carboxylic acids is 1. The van der Waals surface area contributed by atoms with Crippen molar-refractivity contribution in [3.8, 4) is 0 Å². The van der Waals surface area contributed by atoms with Crippen molar-refractivity contribution in [3.05, 3.63) is 35.6 Å². The molecule has 2 atom stereocenters. The fourth-order valence-electron chi connectivity index (χ4n) is 2.56. The van der Waals surface area contributed by atoms with E-state index in [9.17, 15) is 14.0 Å². The van der Waals surface area contributed by atoms with Gasteiger partial charge in [0.25, 0.3) is 0 Å². The second kappa shape index (κ2) is 6.03. The Morgan fingerprint density at radius 3 is 2.75 bits per heavy atom. The minimum absolute atomic E-state index is 0.107. The van der Waals surface area contributed by atoms with Gasteiger partial charge in [0.15, 0.2) is 0 Å². The van der Waals surface area contributed by atoms with Crippen LogP contribution in [0.5, 0.6) is 0 Å². The molecule has 0 radical (unpaired) electrons. The zero-order valence-corrected chi connectivity index (χ0v) is 11.4. The van der Waals surface area contributed by atoms with Gasteiger partial charge in [0.2, 0.25) is 5.91 Å². The van der Waals surface area contributed by atoms with Crippen LogP contribution in [0.4, 0.5) is 4.39 Å². The fraction of sp³-hybridized carbons (Fsp3) is 0.467. The lowest BCUT2D eigenvalue weighted by molar-refractivity contribution is -0.141. The van der Waals surface area contributed by atoms with Crippen molar-refractivity contribution in [1.29, 1.82) is 0 Å². The number of aliphatic carboxylic acids is 1. The maximum atomic E-state index is 13.6. The van der Waals surface area contributed by atoms with E-state index in [2.05, 4.69) is 0 Å². The van der Waals surface area contributed by atoms with Gasteiger partial charge in [-0.15, -0.1) is 0 Å². The predicted octanol–water partition coefficient (Wildman–Crippen LogP) is 2.25. The highest BCUT2D eigenvalue weighted by atomic mass is 19.1. The maximum absolute atomic E-state index is 13.6.